The average Bonchev–Trinajstić information content (AvgIpc) is 3.46. The van der Waals surface area contributed by atoms with E-state index >= 15 is 8.78 Å². The van der Waals surface area contributed by atoms with Gasteiger partial charge in [0.1, 0.15) is 35.0 Å². The Labute approximate surface area is 203 Å². The van der Waals surface area contributed by atoms with Gasteiger partial charge >= 0.3 is 11.6 Å². The van der Waals surface area contributed by atoms with Gasteiger partial charge in [-0.15, -0.1) is 0 Å². The Balaban J connectivity index is 1.50. The number of nitrogens with one attached hydrogen (secondary N) is 1. The summed E-state index contributed by atoms with van der Waals surface area (Å²) in [5.74, 6) is -9.72. The van der Waals surface area contributed by atoms with E-state index in [1.165, 1.54) is 0 Å². The number of alkyl halides is 2. The maximum atomic E-state index is 15.2. The summed E-state index contributed by atoms with van der Waals surface area (Å²) in [5, 5.41) is 2.45. The third-order valence-corrected chi connectivity index (χ3v) is 8.41. The van der Waals surface area contributed by atoms with E-state index in [0.717, 1.165) is 12.1 Å². The fraction of sp³-hybridized carbons (Fsp3) is 0.273. The van der Waals surface area contributed by atoms with E-state index in [1.807, 2.05) is 4.72 Å². The summed E-state index contributed by atoms with van der Waals surface area (Å²) in [7, 11) is -4.00. The van der Waals surface area contributed by atoms with Gasteiger partial charge in [-0.1, -0.05) is 5.16 Å². The van der Waals surface area contributed by atoms with Gasteiger partial charge in [-0.25, -0.2) is 40.1 Å². The highest BCUT2D eigenvalue weighted by Crippen LogP contribution is 2.41. The van der Waals surface area contributed by atoms with E-state index in [-0.39, 0.29) is 5.58 Å². The third-order valence-electron chi connectivity index (χ3n) is 6.45. The second-order valence-corrected chi connectivity index (χ2v) is 10.9. The largest absolute Gasteiger partial charge is 0.354 e. The summed E-state index contributed by atoms with van der Waals surface area (Å²) in [6.07, 6.45) is 1.37. The zero-order chi connectivity index (χ0) is 26.4. The van der Waals surface area contributed by atoms with Crippen molar-refractivity contribution in [3.05, 3.63) is 69.9 Å². The van der Waals surface area contributed by atoms with Gasteiger partial charge in [0.2, 0.25) is 10.0 Å². The molecular weight excluding hydrogens is 530 g/mol. The Kier molecular flexibility index (Phi) is 4.96. The first-order chi connectivity index (χ1) is 17.4. The van der Waals surface area contributed by atoms with E-state index in [2.05, 4.69) is 5.16 Å². The molecule has 8 nitrogen and oxygen atoms in total. The van der Waals surface area contributed by atoms with Crippen molar-refractivity contribution in [3.63, 3.8) is 0 Å². The van der Waals surface area contributed by atoms with Crippen LogP contribution in [0.5, 0.6) is 0 Å². The monoisotopic (exact) mass is 544 g/mol. The van der Waals surface area contributed by atoms with Crippen molar-refractivity contribution in [2.45, 2.75) is 36.6 Å². The molecule has 15 heteroatoms. The summed E-state index contributed by atoms with van der Waals surface area (Å²) in [4.78, 5) is 13.1. The van der Waals surface area contributed by atoms with Gasteiger partial charge in [0.15, 0.2) is 11.4 Å². The fourth-order valence-corrected chi connectivity index (χ4v) is 6.09. The molecule has 0 spiro atoms. The molecule has 1 aliphatic carbocycles. The van der Waals surface area contributed by atoms with Crippen LogP contribution in [-0.2, 0) is 22.5 Å². The molecule has 0 radical (unpaired) electrons. The van der Waals surface area contributed by atoms with Crippen molar-refractivity contribution in [2.75, 3.05) is 0 Å². The molecule has 1 atom stereocenters. The molecule has 1 saturated carbocycles. The topological polar surface area (TPSA) is 99.1 Å². The number of imidazole rings is 1. The van der Waals surface area contributed by atoms with Gasteiger partial charge in [0.05, 0.1) is 22.7 Å². The van der Waals surface area contributed by atoms with Gasteiger partial charge in [-0.2, -0.15) is 8.78 Å². The van der Waals surface area contributed by atoms with E-state index < -0.39 is 90.8 Å². The first-order valence-electron chi connectivity index (χ1n) is 10.8. The minimum Gasteiger partial charge on any atom is -0.354 e. The number of hydrogen-bond donors (Lipinski definition) is 1. The maximum absolute atomic E-state index is 15.2. The van der Waals surface area contributed by atoms with Crippen LogP contribution in [0.1, 0.15) is 18.5 Å². The zero-order valence-electron chi connectivity index (χ0n) is 18.3. The van der Waals surface area contributed by atoms with Crippen LogP contribution < -0.4 is 10.4 Å². The van der Waals surface area contributed by atoms with Gasteiger partial charge in [-0.05, 0) is 25.0 Å². The van der Waals surface area contributed by atoms with Gasteiger partial charge < -0.3 is 4.52 Å². The van der Waals surface area contributed by atoms with Gasteiger partial charge in [0.25, 0.3) is 0 Å². The minimum absolute atomic E-state index is 0.241. The molecule has 6 rings (SSSR count). The van der Waals surface area contributed by atoms with Crippen LogP contribution in [0.25, 0.3) is 27.9 Å². The Morgan fingerprint density at radius 3 is 2.32 bits per heavy atom. The lowest BCUT2D eigenvalue weighted by molar-refractivity contribution is -0.0249. The minimum atomic E-state index is -4.00. The smallest absolute Gasteiger partial charge is 0.334 e. The van der Waals surface area contributed by atoms with Gasteiger partial charge in [-0.3, -0.25) is 4.57 Å². The van der Waals surface area contributed by atoms with Crippen LogP contribution in [0.2, 0.25) is 0 Å². The van der Waals surface area contributed by atoms with Crippen molar-refractivity contribution in [2.24, 2.45) is 0 Å². The standard InChI is InChI=1S/C22H14F6N4O4S/c23-9-5-12(25)17(13(26)6-9)18-11(24)3-4-14-19(18)20(29-36-14)32-8-16-22(27,28)15(7-31(16)21(32)33)30-37(34,35)10-1-2-10/h3-6,8,10,15,30H,1-2,7H2/t15-/m1/s1. The van der Waals surface area contributed by atoms with Crippen LogP contribution in [0.3, 0.4) is 0 Å². The molecular formula is C22H14F6N4O4S. The Hall–Kier alpha value is -3.59. The predicted molar refractivity (Wildman–Crippen MR) is 116 cm³/mol. The average molecular weight is 544 g/mol. The highest BCUT2D eigenvalue weighted by Gasteiger charge is 2.53. The number of rotatable bonds is 5. The summed E-state index contributed by atoms with van der Waals surface area (Å²) in [6.45, 7) is -0.710. The fourth-order valence-electron chi connectivity index (χ4n) is 4.52. The lowest BCUT2D eigenvalue weighted by Gasteiger charge is -2.19. The molecule has 37 heavy (non-hydrogen) atoms. The Morgan fingerprint density at radius 2 is 1.70 bits per heavy atom. The molecule has 0 saturated heterocycles. The highest BCUT2D eigenvalue weighted by molar-refractivity contribution is 7.90. The summed E-state index contributed by atoms with van der Waals surface area (Å²) in [6, 6.07) is 0.594. The third kappa shape index (κ3) is 3.51. The Bertz CT molecular complexity index is 1750. The molecule has 194 valence electrons. The van der Waals surface area contributed by atoms with Crippen LogP contribution in [0.15, 0.2) is 39.8 Å². The molecule has 1 fully saturated rings. The first-order valence-corrected chi connectivity index (χ1v) is 12.4. The van der Waals surface area contributed by atoms with Crippen molar-refractivity contribution in [1.82, 2.24) is 19.0 Å². The van der Waals surface area contributed by atoms with Crippen molar-refractivity contribution >= 4 is 21.0 Å². The highest BCUT2D eigenvalue weighted by atomic mass is 32.2. The number of benzene rings is 2. The van der Waals surface area contributed by atoms with Crippen molar-refractivity contribution < 1.29 is 39.3 Å². The summed E-state index contributed by atoms with van der Waals surface area (Å²) in [5.41, 5.74) is -3.94. The lowest BCUT2D eigenvalue weighted by atomic mass is 9.99. The summed E-state index contributed by atoms with van der Waals surface area (Å²) < 4.78 is 121. The number of aromatic nitrogens is 3. The number of nitrogens with zero attached hydrogens (tertiary/aromatic N) is 3. The van der Waals surface area contributed by atoms with Gasteiger partial charge in [0, 0.05) is 23.9 Å². The number of halogens is 6. The van der Waals surface area contributed by atoms with Crippen molar-refractivity contribution in [3.8, 4) is 16.9 Å². The first kappa shape index (κ1) is 23.8. The molecule has 2 aliphatic rings. The molecule has 0 bridgehead atoms. The van der Waals surface area contributed by atoms with E-state index in [0.29, 0.717) is 40.3 Å². The molecule has 0 amide bonds. The lowest BCUT2D eigenvalue weighted by Crippen LogP contribution is -2.45. The molecule has 2 aromatic heterocycles. The molecule has 2 aromatic carbocycles. The van der Waals surface area contributed by atoms with Crippen LogP contribution in [0.4, 0.5) is 26.3 Å². The number of sulfonamides is 1. The quantitative estimate of drug-likeness (QED) is 0.388. The normalized spacial score (nSPS) is 19.0. The summed E-state index contributed by atoms with van der Waals surface area (Å²) >= 11 is 0. The number of fused-ring (bicyclic) bond motifs is 2. The SMILES string of the molecule is O=c1n(-c2noc3ccc(F)c(-c4c(F)cc(F)cc4F)c23)cc2n1C[C@@H](NS(=O)(=O)C1CC1)C2(F)F. The van der Waals surface area contributed by atoms with E-state index in [9.17, 15) is 30.8 Å². The Morgan fingerprint density at radius 1 is 1.03 bits per heavy atom. The van der Waals surface area contributed by atoms with E-state index in [4.69, 9.17) is 4.52 Å². The second-order valence-electron chi connectivity index (χ2n) is 8.86. The molecule has 1 aliphatic heterocycles. The zero-order valence-corrected chi connectivity index (χ0v) is 19.1. The maximum Gasteiger partial charge on any atom is 0.334 e. The van der Waals surface area contributed by atoms with Crippen LogP contribution in [-0.4, -0.2) is 34.0 Å². The van der Waals surface area contributed by atoms with Crippen LogP contribution in [0, 0.1) is 23.3 Å². The van der Waals surface area contributed by atoms with Crippen molar-refractivity contribution in [1.29, 1.82) is 0 Å². The molecule has 0 unspecified atom stereocenters. The predicted octanol–water partition coefficient (Wildman–Crippen LogP) is 3.56. The molecule has 3 heterocycles. The van der Waals surface area contributed by atoms with E-state index in [1.54, 1.807) is 0 Å². The molecule has 1 N–H and O–H groups in total. The molecule has 4 aromatic rings. The second kappa shape index (κ2) is 7.71. The van der Waals surface area contributed by atoms with Crippen LogP contribution >= 0.6 is 0 Å². The number of hydrogen-bond acceptors (Lipinski definition) is 5.